The minimum atomic E-state index is -3.20. The number of nitrogens with zero attached hydrogens (tertiary/aromatic N) is 4. The quantitative estimate of drug-likeness (QED) is 0.509. The van der Waals surface area contributed by atoms with Crippen LogP contribution in [-0.4, -0.2) is 45.0 Å². The van der Waals surface area contributed by atoms with Gasteiger partial charge < -0.3 is 15.2 Å². The molecule has 0 aliphatic carbocycles. The zero-order valence-electron chi connectivity index (χ0n) is 17.1. The molecule has 3 N–H and O–H groups in total. The summed E-state index contributed by atoms with van der Waals surface area (Å²) in [6.45, 7) is 5.69. The molecule has 2 atom stereocenters. The van der Waals surface area contributed by atoms with Crippen LogP contribution < -0.4 is 5.73 Å². The number of fused-ring (bicyclic) bond motifs is 1. The number of nitrogens with one attached hydrogen (secondary N) is 1. The van der Waals surface area contributed by atoms with Crippen LogP contribution in [-0.2, 0) is 22.7 Å². The van der Waals surface area contributed by atoms with Crippen LogP contribution >= 0.6 is 0 Å². The molecule has 158 valence electrons. The van der Waals surface area contributed by atoms with Crippen LogP contribution in [0.5, 0.6) is 0 Å². The van der Waals surface area contributed by atoms with Crippen molar-refractivity contribution in [3.8, 4) is 0 Å². The first-order chi connectivity index (χ1) is 13.8. The van der Waals surface area contributed by atoms with Crippen molar-refractivity contribution in [2.75, 3.05) is 11.5 Å². The summed E-state index contributed by atoms with van der Waals surface area (Å²) in [6, 6.07) is 1.41. The van der Waals surface area contributed by atoms with Gasteiger partial charge in [0.1, 0.15) is 11.3 Å². The van der Waals surface area contributed by atoms with E-state index < -0.39 is 15.9 Å². The maximum atomic E-state index is 12.5. The van der Waals surface area contributed by atoms with E-state index in [1.807, 2.05) is 26.8 Å². The van der Waals surface area contributed by atoms with Gasteiger partial charge in [-0.3, -0.25) is 4.98 Å². The molecule has 10 heteroatoms. The highest BCUT2D eigenvalue weighted by molar-refractivity contribution is 7.91. The lowest BCUT2D eigenvalue weighted by atomic mass is 10.0. The SMILES string of the molecule is CCc1noc(C(N)CC(C)CS(=O)(=O)CCCc2nccc3[nH]c(C)nc23)n1. The number of rotatable bonds is 10. The Morgan fingerprint density at radius 1 is 1.31 bits per heavy atom. The predicted octanol–water partition coefficient (Wildman–Crippen LogP) is 2.29. The molecule has 0 aliphatic heterocycles. The number of hydrogen-bond donors (Lipinski definition) is 2. The van der Waals surface area contributed by atoms with Crippen molar-refractivity contribution in [3.05, 3.63) is 35.5 Å². The summed E-state index contributed by atoms with van der Waals surface area (Å²) in [7, 11) is -3.20. The molecule has 0 aliphatic rings. The molecule has 3 aromatic heterocycles. The minimum Gasteiger partial charge on any atom is -0.342 e. The first-order valence-corrected chi connectivity index (χ1v) is 11.7. The fraction of sp³-hybridized carbons (Fsp3) is 0.579. The Morgan fingerprint density at radius 3 is 2.83 bits per heavy atom. The molecule has 0 radical (unpaired) electrons. The predicted molar refractivity (Wildman–Crippen MR) is 110 cm³/mol. The maximum absolute atomic E-state index is 12.5. The second kappa shape index (κ2) is 9.00. The smallest absolute Gasteiger partial charge is 0.243 e. The molecule has 0 amide bonds. The monoisotopic (exact) mass is 420 g/mol. The highest BCUT2D eigenvalue weighted by atomic mass is 32.2. The van der Waals surface area contributed by atoms with E-state index in [2.05, 4.69) is 25.1 Å². The van der Waals surface area contributed by atoms with Crippen LogP contribution in [0.15, 0.2) is 16.8 Å². The molecule has 3 aromatic rings. The molecule has 0 spiro atoms. The first-order valence-electron chi connectivity index (χ1n) is 9.86. The molecule has 3 rings (SSSR count). The van der Waals surface area contributed by atoms with E-state index in [4.69, 9.17) is 10.3 Å². The average molecular weight is 421 g/mol. The van der Waals surface area contributed by atoms with Crippen LogP contribution in [0.4, 0.5) is 0 Å². The Hall–Kier alpha value is -2.33. The minimum absolute atomic E-state index is 0.0780. The van der Waals surface area contributed by atoms with E-state index >= 15 is 0 Å². The van der Waals surface area contributed by atoms with Gasteiger partial charge in [0.15, 0.2) is 15.7 Å². The van der Waals surface area contributed by atoms with E-state index in [-0.39, 0.29) is 17.4 Å². The lowest BCUT2D eigenvalue weighted by Crippen LogP contribution is -2.22. The number of sulfone groups is 1. The molecule has 0 saturated carbocycles. The average Bonchev–Trinajstić information content (AvgIpc) is 3.27. The summed E-state index contributed by atoms with van der Waals surface area (Å²) >= 11 is 0. The molecule has 2 unspecified atom stereocenters. The van der Waals surface area contributed by atoms with Gasteiger partial charge in [-0.05, 0) is 38.2 Å². The van der Waals surface area contributed by atoms with Crippen molar-refractivity contribution in [2.24, 2.45) is 11.7 Å². The van der Waals surface area contributed by atoms with Gasteiger partial charge in [0.2, 0.25) is 5.89 Å². The van der Waals surface area contributed by atoms with E-state index in [1.165, 1.54) is 0 Å². The normalized spacial score (nSPS) is 14.3. The highest BCUT2D eigenvalue weighted by Crippen LogP contribution is 2.20. The Balaban J connectivity index is 1.51. The molecular weight excluding hydrogens is 392 g/mol. The van der Waals surface area contributed by atoms with E-state index in [0.717, 1.165) is 22.6 Å². The van der Waals surface area contributed by atoms with Gasteiger partial charge in [-0.25, -0.2) is 13.4 Å². The van der Waals surface area contributed by atoms with Gasteiger partial charge in [0.25, 0.3) is 0 Å². The lowest BCUT2D eigenvalue weighted by molar-refractivity contribution is 0.332. The lowest BCUT2D eigenvalue weighted by Gasteiger charge is -2.14. The van der Waals surface area contributed by atoms with Crippen LogP contribution in [0.1, 0.15) is 56.0 Å². The Kier molecular flexibility index (Phi) is 6.63. The summed E-state index contributed by atoms with van der Waals surface area (Å²) in [5.41, 5.74) is 8.66. The van der Waals surface area contributed by atoms with Crippen LogP contribution in [0, 0.1) is 12.8 Å². The van der Waals surface area contributed by atoms with Gasteiger partial charge in [0.05, 0.1) is 28.8 Å². The third kappa shape index (κ3) is 5.60. The second-order valence-electron chi connectivity index (χ2n) is 7.54. The number of aromatic amines is 1. The molecule has 3 heterocycles. The van der Waals surface area contributed by atoms with Gasteiger partial charge in [0, 0.05) is 12.6 Å². The van der Waals surface area contributed by atoms with Gasteiger partial charge >= 0.3 is 0 Å². The maximum Gasteiger partial charge on any atom is 0.243 e. The number of H-pyrrole nitrogens is 1. The summed E-state index contributed by atoms with van der Waals surface area (Å²) < 4.78 is 30.2. The van der Waals surface area contributed by atoms with Crippen molar-refractivity contribution in [3.63, 3.8) is 0 Å². The molecule has 0 aromatic carbocycles. The zero-order valence-corrected chi connectivity index (χ0v) is 17.9. The molecule has 0 bridgehead atoms. The van der Waals surface area contributed by atoms with E-state index in [0.29, 0.717) is 37.4 Å². The summed E-state index contributed by atoms with van der Waals surface area (Å²) in [4.78, 5) is 16.2. The van der Waals surface area contributed by atoms with Crippen molar-refractivity contribution < 1.29 is 12.9 Å². The third-order valence-corrected chi connectivity index (χ3v) is 6.76. The molecule has 9 nitrogen and oxygen atoms in total. The highest BCUT2D eigenvalue weighted by Gasteiger charge is 2.22. The molecular formula is C19H28N6O3S. The first kappa shape index (κ1) is 21.4. The number of aromatic nitrogens is 5. The van der Waals surface area contributed by atoms with Crippen molar-refractivity contribution in [1.82, 2.24) is 25.1 Å². The van der Waals surface area contributed by atoms with E-state index in [1.54, 1.807) is 6.20 Å². The Morgan fingerprint density at radius 2 is 2.10 bits per heavy atom. The fourth-order valence-corrected chi connectivity index (χ4v) is 5.19. The molecule has 0 saturated heterocycles. The summed E-state index contributed by atoms with van der Waals surface area (Å²) in [5, 5.41) is 3.83. The molecule has 0 fully saturated rings. The largest absolute Gasteiger partial charge is 0.342 e. The summed E-state index contributed by atoms with van der Waals surface area (Å²) in [6.07, 6.45) is 3.92. The van der Waals surface area contributed by atoms with Crippen LogP contribution in [0.25, 0.3) is 11.0 Å². The third-order valence-electron chi connectivity index (χ3n) is 4.78. The Bertz CT molecular complexity index is 1060. The van der Waals surface area contributed by atoms with Crippen molar-refractivity contribution in [2.45, 2.75) is 52.5 Å². The number of nitrogens with two attached hydrogens (primary N) is 1. The van der Waals surface area contributed by atoms with Gasteiger partial charge in [-0.2, -0.15) is 4.98 Å². The number of imidazole rings is 1. The zero-order chi connectivity index (χ0) is 21.0. The van der Waals surface area contributed by atoms with Gasteiger partial charge in [-0.15, -0.1) is 0 Å². The van der Waals surface area contributed by atoms with E-state index in [9.17, 15) is 8.42 Å². The van der Waals surface area contributed by atoms with Crippen molar-refractivity contribution >= 4 is 20.9 Å². The topological polar surface area (TPSA) is 141 Å². The number of pyridine rings is 1. The Labute approximate surface area is 170 Å². The van der Waals surface area contributed by atoms with Crippen LogP contribution in [0.2, 0.25) is 0 Å². The van der Waals surface area contributed by atoms with Crippen molar-refractivity contribution in [1.29, 1.82) is 0 Å². The fourth-order valence-electron chi connectivity index (χ4n) is 3.44. The summed E-state index contributed by atoms with van der Waals surface area (Å²) in [5.74, 6) is 1.86. The van der Waals surface area contributed by atoms with Crippen LogP contribution in [0.3, 0.4) is 0 Å². The number of aryl methyl sites for hydroxylation is 3. The van der Waals surface area contributed by atoms with Gasteiger partial charge in [-0.1, -0.05) is 19.0 Å². The standard InChI is InChI=1S/C19H28N6O3S/c1-4-17-24-19(28-25-17)14(20)10-12(2)11-29(26,27)9-5-6-15-18-16(7-8-21-15)22-13(3)23-18/h7-8,12,14H,4-6,9-11,20H2,1-3H3,(H,22,23). The second-order valence-corrected chi connectivity index (χ2v) is 9.77. The number of hydrogen-bond acceptors (Lipinski definition) is 8. The molecule has 29 heavy (non-hydrogen) atoms.